The molecule has 0 spiro atoms. The van der Waals surface area contributed by atoms with Crippen LogP contribution in [0.15, 0.2) is 4.99 Å². The molecule has 0 atom stereocenters. The van der Waals surface area contributed by atoms with E-state index >= 15 is 0 Å². The first-order valence-electron chi connectivity index (χ1n) is 5.86. The summed E-state index contributed by atoms with van der Waals surface area (Å²) in [4.78, 5) is 4.51. The predicted octanol–water partition coefficient (Wildman–Crippen LogP) is 2.71. The fourth-order valence-electron chi connectivity index (χ4n) is 1.17. The second-order valence-corrected chi connectivity index (χ2v) is 4.37. The van der Waals surface area contributed by atoms with Crippen molar-refractivity contribution < 1.29 is 0 Å². The molecule has 0 amide bonds. The quantitative estimate of drug-likeness (QED) is 0.303. The number of hydrogen-bond donors (Lipinski definition) is 2. The van der Waals surface area contributed by atoms with Gasteiger partial charge in [-0.25, -0.2) is 0 Å². The summed E-state index contributed by atoms with van der Waals surface area (Å²) in [6.45, 7) is 7.16. The van der Waals surface area contributed by atoms with Gasteiger partial charge in [0.2, 0.25) is 0 Å². The molecular formula is C11H26IN3S. The van der Waals surface area contributed by atoms with Crippen LogP contribution in [0.1, 0.15) is 33.1 Å². The van der Waals surface area contributed by atoms with E-state index in [9.17, 15) is 0 Å². The summed E-state index contributed by atoms with van der Waals surface area (Å²) in [7, 11) is 0. The van der Waals surface area contributed by atoms with E-state index in [0.717, 1.165) is 31.3 Å². The molecule has 0 rings (SSSR count). The zero-order valence-electron chi connectivity index (χ0n) is 10.7. The van der Waals surface area contributed by atoms with Gasteiger partial charge in [-0.15, -0.1) is 24.0 Å². The molecule has 0 radical (unpaired) electrons. The molecule has 0 saturated heterocycles. The van der Waals surface area contributed by atoms with Crippen LogP contribution in [0.2, 0.25) is 0 Å². The van der Waals surface area contributed by atoms with E-state index in [4.69, 9.17) is 0 Å². The number of nitrogens with one attached hydrogen (secondary N) is 2. The second-order valence-electron chi connectivity index (χ2n) is 3.39. The number of rotatable bonds is 8. The average Bonchev–Trinajstić information content (AvgIpc) is 2.24. The molecule has 0 aromatic rings. The van der Waals surface area contributed by atoms with Crippen LogP contribution in [0.4, 0.5) is 0 Å². The third-order valence-electron chi connectivity index (χ3n) is 1.97. The zero-order chi connectivity index (χ0) is 11.4. The molecule has 0 fully saturated rings. The summed E-state index contributed by atoms with van der Waals surface area (Å²) in [5.41, 5.74) is 0. The second kappa shape index (κ2) is 15.4. The predicted molar refractivity (Wildman–Crippen MR) is 87.3 cm³/mol. The van der Waals surface area contributed by atoms with Gasteiger partial charge in [-0.05, 0) is 19.6 Å². The maximum atomic E-state index is 4.51. The number of hydrogen-bond acceptors (Lipinski definition) is 2. The Balaban J connectivity index is 0. The lowest BCUT2D eigenvalue weighted by Gasteiger charge is -2.10. The zero-order valence-corrected chi connectivity index (χ0v) is 13.9. The highest BCUT2D eigenvalue weighted by Crippen LogP contribution is 1.93. The van der Waals surface area contributed by atoms with Gasteiger partial charge in [-0.2, -0.15) is 11.8 Å². The van der Waals surface area contributed by atoms with Crippen LogP contribution < -0.4 is 10.6 Å². The molecule has 0 aromatic heterocycles. The molecule has 16 heavy (non-hydrogen) atoms. The molecular weight excluding hydrogens is 333 g/mol. The van der Waals surface area contributed by atoms with Crippen LogP contribution in [0.25, 0.3) is 0 Å². The molecule has 0 aliphatic carbocycles. The molecule has 0 saturated carbocycles. The van der Waals surface area contributed by atoms with Crippen molar-refractivity contribution in [3.63, 3.8) is 0 Å². The lowest BCUT2D eigenvalue weighted by atomic mass is 10.2. The van der Waals surface area contributed by atoms with Crippen molar-refractivity contribution in [2.45, 2.75) is 33.1 Å². The van der Waals surface area contributed by atoms with Crippen LogP contribution in [0, 0.1) is 0 Å². The smallest absolute Gasteiger partial charge is 0.191 e. The lowest BCUT2D eigenvalue weighted by Crippen LogP contribution is -2.38. The van der Waals surface area contributed by atoms with Gasteiger partial charge >= 0.3 is 0 Å². The standard InChI is InChI=1S/C11H25N3S.HI/c1-4-6-7-8-13-11(12-5-2)14-9-10-15-3;/h4-10H2,1-3H3,(H2,12,13,14);1H. The summed E-state index contributed by atoms with van der Waals surface area (Å²) in [6, 6.07) is 0. The van der Waals surface area contributed by atoms with Crippen molar-refractivity contribution in [3.05, 3.63) is 0 Å². The van der Waals surface area contributed by atoms with E-state index in [-0.39, 0.29) is 24.0 Å². The van der Waals surface area contributed by atoms with Gasteiger partial charge in [-0.1, -0.05) is 19.8 Å². The monoisotopic (exact) mass is 359 g/mol. The van der Waals surface area contributed by atoms with Crippen molar-refractivity contribution in [2.75, 3.05) is 31.6 Å². The molecule has 0 aliphatic rings. The molecule has 0 aliphatic heterocycles. The first-order valence-corrected chi connectivity index (χ1v) is 7.25. The molecule has 2 N–H and O–H groups in total. The van der Waals surface area contributed by atoms with Gasteiger partial charge < -0.3 is 10.6 Å². The third-order valence-corrected chi connectivity index (χ3v) is 2.59. The SMILES string of the molecule is CCCCCN=C(NCC)NCCSC.I. The van der Waals surface area contributed by atoms with Gasteiger partial charge in [-0.3, -0.25) is 4.99 Å². The topological polar surface area (TPSA) is 36.4 Å². The highest BCUT2D eigenvalue weighted by molar-refractivity contribution is 14.0. The third kappa shape index (κ3) is 12.4. The van der Waals surface area contributed by atoms with Crippen LogP contribution >= 0.6 is 35.7 Å². The maximum Gasteiger partial charge on any atom is 0.191 e. The maximum absolute atomic E-state index is 4.51. The number of thioether (sulfide) groups is 1. The Morgan fingerprint density at radius 1 is 1.19 bits per heavy atom. The Morgan fingerprint density at radius 3 is 2.50 bits per heavy atom. The summed E-state index contributed by atoms with van der Waals surface area (Å²) < 4.78 is 0. The minimum Gasteiger partial charge on any atom is -0.357 e. The highest BCUT2D eigenvalue weighted by atomic mass is 127. The van der Waals surface area contributed by atoms with Crippen molar-refractivity contribution in [1.29, 1.82) is 0 Å². The summed E-state index contributed by atoms with van der Waals surface area (Å²) in [5, 5.41) is 6.56. The molecule has 0 heterocycles. The van der Waals surface area contributed by atoms with Gasteiger partial charge in [0, 0.05) is 25.4 Å². The molecule has 98 valence electrons. The number of guanidine groups is 1. The highest BCUT2D eigenvalue weighted by Gasteiger charge is 1.94. The van der Waals surface area contributed by atoms with Crippen molar-refractivity contribution in [1.82, 2.24) is 10.6 Å². The number of aliphatic imine (C=N–C) groups is 1. The summed E-state index contributed by atoms with van der Waals surface area (Å²) in [5.74, 6) is 2.09. The van der Waals surface area contributed by atoms with Crippen molar-refractivity contribution >= 4 is 41.7 Å². The van der Waals surface area contributed by atoms with E-state index in [1.165, 1.54) is 19.3 Å². The molecule has 0 bridgehead atoms. The van der Waals surface area contributed by atoms with Crippen molar-refractivity contribution in [3.8, 4) is 0 Å². The van der Waals surface area contributed by atoms with E-state index in [1.54, 1.807) is 0 Å². The fourth-order valence-corrected chi connectivity index (χ4v) is 1.47. The number of nitrogens with zero attached hydrogens (tertiary/aromatic N) is 1. The Kier molecular flexibility index (Phi) is 17.9. The Hall–Kier alpha value is 0.350. The Labute approximate surface area is 122 Å². The molecule has 5 heteroatoms. The van der Waals surface area contributed by atoms with Crippen LogP contribution in [0.3, 0.4) is 0 Å². The van der Waals surface area contributed by atoms with Gasteiger partial charge in [0.25, 0.3) is 0 Å². The minimum absolute atomic E-state index is 0. The first kappa shape index (κ1) is 18.7. The van der Waals surface area contributed by atoms with E-state index < -0.39 is 0 Å². The van der Waals surface area contributed by atoms with Crippen LogP contribution in [-0.2, 0) is 0 Å². The lowest BCUT2D eigenvalue weighted by molar-refractivity contribution is 0.719. The largest absolute Gasteiger partial charge is 0.357 e. The fraction of sp³-hybridized carbons (Fsp3) is 0.909. The van der Waals surface area contributed by atoms with Crippen LogP contribution in [0.5, 0.6) is 0 Å². The normalized spacial score (nSPS) is 10.8. The van der Waals surface area contributed by atoms with Crippen LogP contribution in [-0.4, -0.2) is 37.6 Å². The van der Waals surface area contributed by atoms with Gasteiger partial charge in [0.15, 0.2) is 5.96 Å². The Bertz CT molecular complexity index is 165. The molecule has 0 unspecified atom stereocenters. The Morgan fingerprint density at radius 2 is 1.94 bits per heavy atom. The van der Waals surface area contributed by atoms with E-state index in [1.807, 2.05) is 11.8 Å². The summed E-state index contributed by atoms with van der Waals surface area (Å²) >= 11 is 1.85. The summed E-state index contributed by atoms with van der Waals surface area (Å²) in [6.07, 6.45) is 5.84. The molecule has 3 nitrogen and oxygen atoms in total. The number of halogens is 1. The molecule has 0 aromatic carbocycles. The average molecular weight is 359 g/mol. The van der Waals surface area contributed by atoms with Gasteiger partial charge in [0.1, 0.15) is 0 Å². The van der Waals surface area contributed by atoms with E-state index in [0.29, 0.717) is 0 Å². The minimum atomic E-state index is 0. The number of unbranched alkanes of at least 4 members (excludes halogenated alkanes) is 2. The first-order chi connectivity index (χ1) is 7.35. The van der Waals surface area contributed by atoms with Gasteiger partial charge in [0.05, 0.1) is 0 Å². The van der Waals surface area contributed by atoms with E-state index in [2.05, 4.69) is 35.7 Å². The van der Waals surface area contributed by atoms with Crippen molar-refractivity contribution in [2.24, 2.45) is 4.99 Å².